The van der Waals surface area contributed by atoms with Gasteiger partial charge in [-0.1, -0.05) is 6.92 Å². The van der Waals surface area contributed by atoms with Gasteiger partial charge in [-0.3, -0.25) is 0 Å². The van der Waals surface area contributed by atoms with Crippen LogP contribution in [0.1, 0.15) is 13.3 Å². The van der Waals surface area contributed by atoms with Gasteiger partial charge in [-0.15, -0.1) is 0 Å². The van der Waals surface area contributed by atoms with Crippen LogP contribution in [0.3, 0.4) is 0 Å². The van der Waals surface area contributed by atoms with Gasteiger partial charge in [-0.2, -0.15) is 0 Å². The van der Waals surface area contributed by atoms with E-state index in [2.05, 4.69) is 16.7 Å². The summed E-state index contributed by atoms with van der Waals surface area (Å²) in [5.41, 5.74) is 0.192. The Bertz CT molecular complexity index is 227. The zero-order chi connectivity index (χ0) is 9.76. The molecule has 4 fully saturated rings. The number of nitrogens with zero attached hydrogens (tertiary/aromatic N) is 2. The third kappa shape index (κ3) is 1.09. The maximum absolute atomic E-state index is 10.3. The van der Waals surface area contributed by atoms with E-state index in [1.54, 1.807) is 0 Å². The van der Waals surface area contributed by atoms with Gasteiger partial charge in [0.1, 0.15) is 0 Å². The minimum atomic E-state index is -0.0434. The molecule has 0 aliphatic carbocycles. The summed E-state index contributed by atoms with van der Waals surface area (Å²) < 4.78 is 0. The van der Waals surface area contributed by atoms with E-state index in [-0.39, 0.29) is 11.5 Å². The standard InChI is InChI=1S/C11H20N2O/c1-2-11-7-12-3-4-13(8-11)6-9(5-12)10(11)14/h9-10,14H,2-8H2,1H3. The van der Waals surface area contributed by atoms with E-state index in [9.17, 15) is 5.11 Å². The molecule has 4 aliphatic heterocycles. The Morgan fingerprint density at radius 2 is 1.79 bits per heavy atom. The van der Waals surface area contributed by atoms with Crippen LogP contribution in [0.15, 0.2) is 0 Å². The molecule has 4 saturated heterocycles. The lowest BCUT2D eigenvalue weighted by Gasteiger charge is -2.53. The van der Waals surface area contributed by atoms with Crippen LogP contribution in [0.2, 0.25) is 0 Å². The number of rotatable bonds is 1. The van der Waals surface area contributed by atoms with E-state index >= 15 is 0 Å². The van der Waals surface area contributed by atoms with Crippen LogP contribution in [-0.4, -0.2) is 60.3 Å². The van der Waals surface area contributed by atoms with Crippen LogP contribution >= 0.6 is 0 Å². The minimum absolute atomic E-state index is 0.0434. The summed E-state index contributed by atoms with van der Waals surface area (Å²) in [4.78, 5) is 5.13. The Hall–Kier alpha value is -0.120. The molecule has 0 aromatic heterocycles. The smallest absolute Gasteiger partial charge is 0.0673 e. The van der Waals surface area contributed by atoms with Crippen molar-refractivity contribution in [2.24, 2.45) is 11.3 Å². The van der Waals surface area contributed by atoms with Gasteiger partial charge >= 0.3 is 0 Å². The van der Waals surface area contributed by atoms with Crippen molar-refractivity contribution in [2.45, 2.75) is 19.4 Å². The largest absolute Gasteiger partial charge is 0.392 e. The number of aliphatic hydroxyl groups is 1. The first-order valence-electron chi connectivity index (χ1n) is 5.86. The van der Waals surface area contributed by atoms with Crippen molar-refractivity contribution < 1.29 is 5.11 Å². The summed E-state index contributed by atoms with van der Waals surface area (Å²) in [6.45, 7) is 9.16. The average molecular weight is 196 g/mol. The van der Waals surface area contributed by atoms with Gasteiger partial charge in [-0.25, -0.2) is 0 Å². The van der Waals surface area contributed by atoms with Crippen LogP contribution < -0.4 is 0 Å². The molecule has 0 aromatic rings. The van der Waals surface area contributed by atoms with Crippen molar-refractivity contribution in [3.05, 3.63) is 0 Å². The fourth-order valence-electron chi connectivity index (χ4n) is 3.73. The summed E-state index contributed by atoms with van der Waals surface area (Å²) in [6, 6.07) is 0. The Labute approximate surface area is 85.7 Å². The molecule has 0 saturated carbocycles. The van der Waals surface area contributed by atoms with Crippen molar-refractivity contribution in [1.82, 2.24) is 9.80 Å². The molecule has 1 N–H and O–H groups in total. The molecule has 4 aliphatic rings. The topological polar surface area (TPSA) is 26.7 Å². The maximum atomic E-state index is 10.3. The van der Waals surface area contributed by atoms with Crippen LogP contribution in [0.4, 0.5) is 0 Å². The van der Waals surface area contributed by atoms with E-state index in [1.807, 2.05) is 0 Å². The highest BCUT2D eigenvalue weighted by atomic mass is 16.3. The van der Waals surface area contributed by atoms with Gasteiger partial charge in [0.15, 0.2) is 0 Å². The molecule has 0 aromatic carbocycles. The molecule has 3 nitrogen and oxygen atoms in total. The SMILES string of the molecule is CCC12CN3CCN(CC(C3)C1O)C2. The van der Waals surface area contributed by atoms with Crippen LogP contribution in [0, 0.1) is 11.3 Å². The predicted octanol–water partition coefficient (Wildman–Crippen LogP) is 0.00470. The summed E-state index contributed by atoms with van der Waals surface area (Å²) in [5.74, 6) is 0.514. The monoisotopic (exact) mass is 196 g/mol. The zero-order valence-electron chi connectivity index (χ0n) is 8.95. The van der Waals surface area contributed by atoms with Crippen molar-refractivity contribution in [1.29, 1.82) is 0 Å². The van der Waals surface area contributed by atoms with Crippen molar-refractivity contribution >= 4 is 0 Å². The van der Waals surface area contributed by atoms with E-state index in [0.29, 0.717) is 5.92 Å². The molecule has 0 amide bonds. The van der Waals surface area contributed by atoms with E-state index in [0.717, 1.165) is 32.6 Å². The number of hydrogen-bond donors (Lipinski definition) is 1. The molecule has 0 spiro atoms. The van der Waals surface area contributed by atoms with E-state index < -0.39 is 0 Å². The lowest BCUT2D eigenvalue weighted by molar-refractivity contribution is -0.117. The highest BCUT2D eigenvalue weighted by Gasteiger charge is 2.52. The summed E-state index contributed by atoms with van der Waals surface area (Å²) in [7, 11) is 0. The second-order valence-electron chi connectivity index (χ2n) is 5.39. The van der Waals surface area contributed by atoms with E-state index in [4.69, 9.17) is 0 Å². The molecule has 0 radical (unpaired) electrons. The number of hydrogen-bond acceptors (Lipinski definition) is 3. The molecule has 3 heteroatoms. The first-order valence-corrected chi connectivity index (χ1v) is 5.86. The van der Waals surface area contributed by atoms with Crippen LogP contribution in [0.5, 0.6) is 0 Å². The van der Waals surface area contributed by atoms with Crippen LogP contribution in [0.25, 0.3) is 0 Å². The number of aliphatic hydroxyl groups excluding tert-OH is 1. The Morgan fingerprint density at radius 3 is 2.29 bits per heavy atom. The second-order valence-corrected chi connectivity index (χ2v) is 5.39. The summed E-state index contributed by atoms with van der Waals surface area (Å²) in [5, 5.41) is 10.3. The molecular weight excluding hydrogens is 176 g/mol. The molecule has 14 heavy (non-hydrogen) atoms. The average Bonchev–Trinajstić information content (AvgIpc) is 2.41. The molecule has 80 valence electrons. The van der Waals surface area contributed by atoms with Gasteiger partial charge in [-0.05, 0) is 6.42 Å². The van der Waals surface area contributed by atoms with Crippen molar-refractivity contribution in [3.8, 4) is 0 Å². The molecule has 4 heterocycles. The normalized spacial score (nSPS) is 56.1. The number of fused-ring (bicyclic) bond motifs is 1. The first-order chi connectivity index (χ1) is 6.73. The minimum Gasteiger partial charge on any atom is -0.392 e. The second kappa shape index (κ2) is 2.94. The molecule has 3 unspecified atom stereocenters. The van der Waals surface area contributed by atoms with Crippen molar-refractivity contribution in [3.63, 3.8) is 0 Å². The summed E-state index contributed by atoms with van der Waals surface area (Å²) >= 11 is 0. The van der Waals surface area contributed by atoms with Crippen LogP contribution in [-0.2, 0) is 0 Å². The molecular formula is C11H20N2O. The lowest BCUT2D eigenvalue weighted by Crippen LogP contribution is -2.63. The summed E-state index contributed by atoms with van der Waals surface area (Å²) in [6.07, 6.45) is 1.08. The van der Waals surface area contributed by atoms with Gasteiger partial charge < -0.3 is 14.9 Å². The Balaban J connectivity index is 1.97. The molecule has 4 rings (SSSR count). The fourth-order valence-corrected chi connectivity index (χ4v) is 3.73. The van der Waals surface area contributed by atoms with E-state index in [1.165, 1.54) is 13.1 Å². The van der Waals surface area contributed by atoms with Gasteiger partial charge in [0.05, 0.1) is 6.10 Å². The zero-order valence-corrected chi connectivity index (χ0v) is 8.95. The predicted molar refractivity (Wildman–Crippen MR) is 55.1 cm³/mol. The van der Waals surface area contributed by atoms with Gasteiger partial charge in [0, 0.05) is 50.6 Å². The highest BCUT2D eigenvalue weighted by molar-refractivity contribution is 5.05. The quantitative estimate of drug-likeness (QED) is 0.640. The molecule has 3 atom stereocenters. The number of piperidine rings is 2. The highest BCUT2D eigenvalue weighted by Crippen LogP contribution is 2.42. The van der Waals surface area contributed by atoms with Crippen molar-refractivity contribution in [2.75, 3.05) is 39.3 Å². The van der Waals surface area contributed by atoms with Gasteiger partial charge in [0.2, 0.25) is 0 Å². The lowest BCUT2D eigenvalue weighted by atomic mass is 9.68. The Morgan fingerprint density at radius 1 is 1.21 bits per heavy atom. The Kier molecular flexibility index (Phi) is 1.92. The van der Waals surface area contributed by atoms with Gasteiger partial charge in [0.25, 0.3) is 0 Å². The third-order valence-corrected chi connectivity index (χ3v) is 4.57. The maximum Gasteiger partial charge on any atom is 0.0673 e. The third-order valence-electron chi connectivity index (χ3n) is 4.57. The first kappa shape index (κ1) is 9.13. The fraction of sp³-hybridized carbons (Fsp3) is 1.00. The molecule has 4 bridgehead atoms.